The van der Waals surface area contributed by atoms with Crippen LogP contribution in [0.25, 0.3) is 0 Å². The Morgan fingerprint density at radius 3 is 2.82 bits per heavy atom. The highest BCUT2D eigenvalue weighted by Crippen LogP contribution is 2.20. The topological polar surface area (TPSA) is 42.7 Å². The summed E-state index contributed by atoms with van der Waals surface area (Å²) in [7, 11) is 1.91. The van der Waals surface area contributed by atoms with Crippen molar-refractivity contribution >= 4 is 17.3 Å². The summed E-state index contributed by atoms with van der Waals surface area (Å²) in [6.07, 6.45) is 3.75. The molecule has 5 heteroatoms. The summed E-state index contributed by atoms with van der Waals surface area (Å²) in [6, 6.07) is 1.99. The van der Waals surface area contributed by atoms with E-state index in [9.17, 15) is 0 Å². The van der Waals surface area contributed by atoms with E-state index >= 15 is 0 Å². The molecule has 2 rings (SSSR count). The Balaban J connectivity index is 2.12. The number of aryl methyl sites for hydroxylation is 3. The van der Waals surface area contributed by atoms with E-state index in [-0.39, 0.29) is 0 Å². The first-order chi connectivity index (χ1) is 8.06. The van der Waals surface area contributed by atoms with Gasteiger partial charge in [-0.1, -0.05) is 11.6 Å². The van der Waals surface area contributed by atoms with E-state index in [4.69, 9.17) is 11.6 Å². The van der Waals surface area contributed by atoms with Gasteiger partial charge >= 0.3 is 0 Å². The molecule has 0 fully saturated rings. The second-order valence-electron chi connectivity index (χ2n) is 4.12. The molecule has 0 atom stereocenters. The number of aromatic nitrogens is 3. The number of halogens is 1. The molecule has 1 N–H and O–H groups in total. The minimum absolute atomic E-state index is 0.497. The lowest BCUT2D eigenvalue weighted by molar-refractivity contribution is 0.756. The molecular formula is C12H15ClN4. The summed E-state index contributed by atoms with van der Waals surface area (Å²) in [6.45, 7) is 4.68. The van der Waals surface area contributed by atoms with E-state index in [1.807, 2.05) is 37.8 Å². The Morgan fingerprint density at radius 1 is 1.41 bits per heavy atom. The molecule has 0 aliphatic carbocycles. The molecule has 0 saturated heterocycles. The van der Waals surface area contributed by atoms with Gasteiger partial charge in [-0.25, -0.2) is 4.98 Å². The fraction of sp³-hybridized carbons (Fsp3) is 0.333. The number of pyridine rings is 1. The monoisotopic (exact) mass is 250 g/mol. The van der Waals surface area contributed by atoms with Gasteiger partial charge in [0.05, 0.1) is 11.4 Å². The molecular weight excluding hydrogens is 236 g/mol. The molecule has 0 amide bonds. The van der Waals surface area contributed by atoms with Gasteiger partial charge in [-0.2, -0.15) is 5.10 Å². The summed E-state index contributed by atoms with van der Waals surface area (Å²) in [5.74, 6) is 0. The molecule has 0 aromatic carbocycles. The first kappa shape index (κ1) is 11.9. The zero-order chi connectivity index (χ0) is 12.4. The minimum Gasteiger partial charge on any atom is -0.378 e. The molecule has 0 bridgehead atoms. The molecule has 2 aromatic heterocycles. The largest absolute Gasteiger partial charge is 0.378 e. The maximum absolute atomic E-state index is 6.01. The van der Waals surface area contributed by atoms with Crippen molar-refractivity contribution in [3.8, 4) is 0 Å². The van der Waals surface area contributed by atoms with Gasteiger partial charge in [0.15, 0.2) is 5.15 Å². The summed E-state index contributed by atoms with van der Waals surface area (Å²) in [4.78, 5) is 4.10. The van der Waals surface area contributed by atoms with Crippen molar-refractivity contribution in [1.82, 2.24) is 14.8 Å². The van der Waals surface area contributed by atoms with Gasteiger partial charge in [0.1, 0.15) is 0 Å². The second kappa shape index (κ2) is 4.75. The fourth-order valence-electron chi connectivity index (χ4n) is 1.69. The molecule has 2 aromatic rings. The van der Waals surface area contributed by atoms with Gasteiger partial charge in [-0.3, -0.25) is 4.68 Å². The first-order valence-electron chi connectivity index (χ1n) is 5.41. The van der Waals surface area contributed by atoms with Crippen LogP contribution < -0.4 is 5.32 Å². The number of nitrogens with zero attached hydrogens (tertiary/aromatic N) is 3. The third-order valence-corrected chi connectivity index (χ3v) is 2.86. The van der Waals surface area contributed by atoms with Crippen molar-refractivity contribution in [2.24, 2.45) is 7.05 Å². The SMILES string of the molecule is Cc1cnc(Cl)c(NCc2cn(C)nc2C)c1. The Labute approximate surface area is 106 Å². The minimum atomic E-state index is 0.497. The summed E-state index contributed by atoms with van der Waals surface area (Å²) in [5.41, 5.74) is 4.12. The highest BCUT2D eigenvalue weighted by Gasteiger charge is 2.05. The van der Waals surface area contributed by atoms with Crippen LogP contribution in [0.3, 0.4) is 0 Å². The third kappa shape index (κ3) is 2.77. The molecule has 0 spiro atoms. The van der Waals surface area contributed by atoms with Crippen molar-refractivity contribution in [2.75, 3.05) is 5.32 Å². The maximum atomic E-state index is 6.01. The second-order valence-corrected chi connectivity index (χ2v) is 4.48. The number of hydrogen-bond donors (Lipinski definition) is 1. The van der Waals surface area contributed by atoms with Crippen LogP contribution in [-0.4, -0.2) is 14.8 Å². The van der Waals surface area contributed by atoms with Gasteiger partial charge in [-0.15, -0.1) is 0 Å². The van der Waals surface area contributed by atoms with Gasteiger partial charge < -0.3 is 5.32 Å². The van der Waals surface area contributed by atoms with Crippen LogP contribution in [0.2, 0.25) is 5.15 Å². The van der Waals surface area contributed by atoms with Crippen LogP contribution in [0.4, 0.5) is 5.69 Å². The summed E-state index contributed by atoms with van der Waals surface area (Å²) in [5, 5.41) is 8.07. The van der Waals surface area contributed by atoms with E-state index in [1.165, 1.54) is 0 Å². The van der Waals surface area contributed by atoms with Crippen molar-refractivity contribution in [1.29, 1.82) is 0 Å². The normalized spacial score (nSPS) is 10.6. The smallest absolute Gasteiger partial charge is 0.152 e. The Kier molecular flexibility index (Phi) is 3.33. The number of rotatable bonds is 3. The molecule has 0 aliphatic heterocycles. The van der Waals surface area contributed by atoms with Crippen LogP contribution in [-0.2, 0) is 13.6 Å². The van der Waals surface area contributed by atoms with E-state index < -0.39 is 0 Å². The fourth-order valence-corrected chi connectivity index (χ4v) is 1.86. The van der Waals surface area contributed by atoms with Crippen molar-refractivity contribution in [2.45, 2.75) is 20.4 Å². The average molecular weight is 251 g/mol. The predicted molar refractivity (Wildman–Crippen MR) is 69.3 cm³/mol. The maximum Gasteiger partial charge on any atom is 0.152 e. The van der Waals surface area contributed by atoms with E-state index in [0.717, 1.165) is 22.5 Å². The lowest BCUT2D eigenvalue weighted by Crippen LogP contribution is -2.01. The zero-order valence-corrected chi connectivity index (χ0v) is 10.9. The molecule has 90 valence electrons. The Hall–Kier alpha value is -1.55. The molecule has 0 saturated carbocycles. The van der Waals surface area contributed by atoms with E-state index in [1.54, 1.807) is 6.20 Å². The lowest BCUT2D eigenvalue weighted by atomic mass is 10.2. The Morgan fingerprint density at radius 2 is 2.18 bits per heavy atom. The van der Waals surface area contributed by atoms with Crippen LogP contribution in [0.5, 0.6) is 0 Å². The molecule has 17 heavy (non-hydrogen) atoms. The van der Waals surface area contributed by atoms with Gasteiger partial charge in [0.2, 0.25) is 0 Å². The molecule has 0 radical (unpaired) electrons. The van der Waals surface area contributed by atoms with E-state index in [0.29, 0.717) is 11.7 Å². The average Bonchev–Trinajstić information content (AvgIpc) is 2.59. The number of anilines is 1. The van der Waals surface area contributed by atoms with Crippen molar-refractivity contribution in [3.63, 3.8) is 0 Å². The molecule has 2 heterocycles. The third-order valence-electron chi connectivity index (χ3n) is 2.56. The summed E-state index contributed by atoms with van der Waals surface area (Å²) >= 11 is 6.01. The highest BCUT2D eigenvalue weighted by molar-refractivity contribution is 6.31. The van der Waals surface area contributed by atoms with Crippen LogP contribution in [0.15, 0.2) is 18.5 Å². The summed E-state index contributed by atoms with van der Waals surface area (Å²) < 4.78 is 1.81. The molecule has 4 nitrogen and oxygen atoms in total. The number of hydrogen-bond acceptors (Lipinski definition) is 3. The van der Waals surface area contributed by atoms with Crippen LogP contribution >= 0.6 is 11.6 Å². The zero-order valence-electron chi connectivity index (χ0n) is 10.2. The molecule has 0 aliphatic rings. The number of nitrogens with one attached hydrogen (secondary N) is 1. The lowest BCUT2D eigenvalue weighted by Gasteiger charge is -2.07. The predicted octanol–water partition coefficient (Wildman–Crippen LogP) is 2.70. The highest BCUT2D eigenvalue weighted by atomic mass is 35.5. The van der Waals surface area contributed by atoms with Gasteiger partial charge in [0.25, 0.3) is 0 Å². The van der Waals surface area contributed by atoms with Crippen LogP contribution in [0.1, 0.15) is 16.8 Å². The van der Waals surface area contributed by atoms with Gasteiger partial charge in [-0.05, 0) is 25.5 Å². The quantitative estimate of drug-likeness (QED) is 0.852. The van der Waals surface area contributed by atoms with Crippen molar-refractivity contribution in [3.05, 3.63) is 40.4 Å². The Bertz CT molecular complexity index is 533. The van der Waals surface area contributed by atoms with Crippen LogP contribution in [0, 0.1) is 13.8 Å². The first-order valence-corrected chi connectivity index (χ1v) is 5.79. The van der Waals surface area contributed by atoms with Crippen molar-refractivity contribution < 1.29 is 0 Å². The molecule has 0 unspecified atom stereocenters. The standard InChI is InChI=1S/C12H15ClN4/c1-8-4-11(12(13)15-5-8)14-6-10-7-17(3)16-9(10)2/h4-5,7,14H,6H2,1-3H3. The van der Waals surface area contributed by atoms with Gasteiger partial charge in [0, 0.05) is 31.5 Å². The van der Waals surface area contributed by atoms with E-state index in [2.05, 4.69) is 15.4 Å².